The molecule has 0 aliphatic heterocycles. The summed E-state index contributed by atoms with van der Waals surface area (Å²) in [6.45, 7) is 0.657. The normalized spacial score (nSPS) is 10.4. The van der Waals surface area contributed by atoms with Crippen LogP contribution in [0.4, 0.5) is 0 Å². The van der Waals surface area contributed by atoms with Gasteiger partial charge in [0.15, 0.2) is 0 Å². The molecule has 1 aromatic carbocycles. The molecule has 1 N–H and O–H groups in total. The van der Waals surface area contributed by atoms with Crippen LogP contribution in [0.5, 0.6) is 5.75 Å². The van der Waals surface area contributed by atoms with Crippen LogP contribution in [0.15, 0.2) is 36.8 Å². The maximum absolute atomic E-state index is 10.5. The van der Waals surface area contributed by atoms with Gasteiger partial charge in [-0.25, -0.2) is 4.98 Å². The summed E-state index contributed by atoms with van der Waals surface area (Å²) in [6.07, 6.45) is 4.14. The predicted molar refractivity (Wildman–Crippen MR) is 70.3 cm³/mol. The second kappa shape index (κ2) is 6.04. The molecule has 0 saturated heterocycles. The van der Waals surface area contributed by atoms with Crippen molar-refractivity contribution in [3.63, 3.8) is 0 Å². The first-order valence-electron chi connectivity index (χ1n) is 6.03. The number of hydrogen-bond donors (Lipinski definition) is 1. The van der Waals surface area contributed by atoms with Crippen LogP contribution in [0.1, 0.15) is 17.7 Å². The highest BCUT2D eigenvalue weighted by Crippen LogP contribution is 2.18. The lowest BCUT2D eigenvalue weighted by Gasteiger charge is -2.08. The van der Waals surface area contributed by atoms with E-state index in [-0.39, 0.29) is 6.42 Å². The van der Waals surface area contributed by atoms with Crippen molar-refractivity contribution >= 4 is 5.97 Å². The fourth-order valence-corrected chi connectivity index (χ4v) is 1.89. The minimum absolute atomic E-state index is 0.103. The highest BCUT2D eigenvalue weighted by atomic mass is 16.5. The number of carboxylic acids is 1. The summed E-state index contributed by atoms with van der Waals surface area (Å²) in [5, 5.41) is 8.63. The Bertz CT molecular complexity index is 563. The molecular formula is C14H16N2O3. The number of benzene rings is 1. The molecule has 1 heterocycles. The number of aromatic nitrogens is 2. The number of ether oxygens (including phenoxy) is 1. The summed E-state index contributed by atoms with van der Waals surface area (Å²) in [6, 6.07) is 7.79. The van der Waals surface area contributed by atoms with Crippen LogP contribution >= 0.6 is 0 Å². The summed E-state index contributed by atoms with van der Waals surface area (Å²) in [5.74, 6) is 0.0302. The predicted octanol–water partition coefficient (Wildman–Crippen LogP) is 1.96. The molecule has 2 aromatic rings. The minimum Gasteiger partial charge on any atom is -0.496 e. The van der Waals surface area contributed by atoms with Gasteiger partial charge in [0.25, 0.3) is 0 Å². The third kappa shape index (κ3) is 3.58. The van der Waals surface area contributed by atoms with Crippen molar-refractivity contribution in [3.05, 3.63) is 48.0 Å². The topological polar surface area (TPSA) is 64.4 Å². The van der Waals surface area contributed by atoms with Crippen molar-refractivity contribution in [2.75, 3.05) is 7.11 Å². The lowest BCUT2D eigenvalue weighted by Crippen LogP contribution is -2.00. The number of aryl methyl sites for hydroxylation is 1. The average molecular weight is 260 g/mol. The van der Waals surface area contributed by atoms with Gasteiger partial charge in [-0.2, -0.15) is 0 Å². The van der Waals surface area contributed by atoms with Crippen molar-refractivity contribution in [3.8, 4) is 5.75 Å². The Kier molecular flexibility index (Phi) is 4.18. The van der Waals surface area contributed by atoms with E-state index in [4.69, 9.17) is 9.84 Å². The second-order valence-electron chi connectivity index (χ2n) is 4.24. The van der Waals surface area contributed by atoms with Gasteiger partial charge in [0.1, 0.15) is 5.75 Å². The van der Waals surface area contributed by atoms with Gasteiger partial charge in [0.05, 0.1) is 32.1 Å². The molecule has 0 fully saturated rings. The van der Waals surface area contributed by atoms with E-state index in [1.807, 2.05) is 35.0 Å². The van der Waals surface area contributed by atoms with Crippen LogP contribution in [0.2, 0.25) is 0 Å². The highest BCUT2D eigenvalue weighted by molar-refractivity contribution is 5.66. The Morgan fingerprint density at radius 3 is 2.95 bits per heavy atom. The Hall–Kier alpha value is -2.30. The molecule has 0 unspecified atom stereocenters. The number of rotatable bonds is 6. The zero-order valence-corrected chi connectivity index (χ0v) is 10.7. The molecule has 0 aliphatic carbocycles. The second-order valence-corrected chi connectivity index (χ2v) is 4.24. The average Bonchev–Trinajstić information content (AvgIpc) is 2.85. The Labute approximate surface area is 111 Å². The quantitative estimate of drug-likeness (QED) is 0.862. The molecule has 0 spiro atoms. The SMILES string of the molecule is COc1ccccc1Cn1cnc(CCC(=O)O)c1. The first-order valence-corrected chi connectivity index (χ1v) is 6.03. The molecule has 0 aliphatic rings. The molecule has 2 rings (SSSR count). The lowest BCUT2D eigenvalue weighted by atomic mass is 10.2. The van der Waals surface area contributed by atoms with Crippen LogP contribution < -0.4 is 4.74 Å². The number of methoxy groups -OCH3 is 1. The summed E-state index contributed by atoms with van der Waals surface area (Å²) < 4.78 is 7.22. The van der Waals surface area contributed by atoms with Gasteiger partial charge in [0.2, 0.25) is 0 Å². The molecule has 5 nitrogen and oxygen atoms in total. The molecule has 0 bridgehead atoms. The van der Waals surface area contributed by atoms with E-state index in [1.165, 1.54) is 0 Å². The van der Waals surface area contributed by atoms with E-state index in [0.717, 1.165) is 17.0 Å². The number of nitrogens with zero attached hydrogens (tertiary/aromatic N) is 2. The van der Waals surface area contributed by atoms with E-state index in [2.05, 4.69) is 4.98 Å². The number of aliphatic carboxylic acids is 1. The van der Waals surface area contributed by atoms with Gasteiger partial charge in [-0.3, -0.25) is 4.79 Å². The monoisotopic (exact) mass is 260 g/mol. The Balaban J connectivity index is 2.05. The Morgan fingerprint density at radius 2 is 2.21 bits per heavy atom. The van der Waals surface area contributed by atoms with Gasteiger partial charge < -0.3 is 14.4 Å². The summed E-state index contributed by atoms with van der Waals surface area (Å²) in [7, 11) is 1.64. The third-order valence-corrected chi connectivity index (χ3v) is 2.83. The number of hydrogen-bond acceptors (Lipinski definition) is 3. The Morgan fingerprint density at radius 1 is 1.42 bits per heavy atom. The lowest BCUT2D eigenvalue weighted by molar-refractivity contribution is -0.136. The van der Waals surface area contributed by atoms with Crippen molar-refractivity contribution in [1.29, 1.82) is 0 Å². The van der Waals surface area contributed by atoms with Gasteiger partial charge in [0, 0.05) is 18.2 Å². The van der Waals surface area contributed by atoms with E-state index < -0.39 is 5.97 Å². The number of para-hydroxylation sites is 1. The molecular weight excluding hydrogens is 244 g/mol. The number of imidazole rings is 1. The van der Waals surface area contributed by atoms with E-state index >= 15 is 0 Å². The van der Waals surface area contributed by atoms with Gasteiger partial charge >= 0.3 is 5.97 Å². The number of carboxylic acid groups (broad SMARTS) is 1. The largest absolute Gasteiger partial charge is 0.496 e. The summed E-state index contributed by atoms with van der Waals surface area (Å²) in [5.41, 5.74) is 1.85. The number of carbonyl (C=O) groups is 1. The molecule has 0 atom stereocenters. The van der Waals surface area contributed by atoms with E-state index in [0.29, 0.717) is 13.0 Å². The minimum atomic E-state index is -0.806. The van der Waals surface area contributed by atoms with Crippen molar-refractivity contribution in [1.82, 2.24) is 9.55 Å². The van der Waals surface area contributed by atoms with Crippen LogP contribution in [0.25, 0.3) is 0 Å². The van der Waals surface area contributed by atoms with Crippen molar-refractivity contribution < 1.29 is 14.6 Å². The molecule has 100 valence electrons. The van der Waals surface area contributed by atoms with Crippen LogP contribution in [-0.4, -0.2) is 27.7 Å². The third-order valence-electron chi connectivity index (χ3n) is 2.83. The zero-order chi connectivity index (χ0) is 13.7. The first-order chi connectivity index (χ1) is 9.19. The fourth-order valence-electron chi connectivity index (χ4n) is 1.89. The summed E-state index contributed by atoms with van der Waals surface area (Å²) in [4.78, 5) is 14.7. The molecule has 5 heteroatoms. The highest BCUT2D eigenvalue weighted by Gasteiger charge is 2.05. The molecule has 1 aromatic heterocycles. The van der Waals surface area contributed by atoms with Crippen LogP contribution in [0, 0.1) is 0 Å². The zero-order valence-electron chi connectivity index (χ0n) is 10.7. The standard InChI is InChI=1S/C14H16N2O3/c1-19-13-5-3-2-4-11(13)8-16-9-12(15-10-16)6-7-14(17)18/h2-5,9-10H,6-8H2,1H3,(H,17,18). The van der Waals surface area contributed by atoms with E-state index in [1.54, 1.807) is 13.4 Å². The van der Waals surface area contributed by atoms with Gasteiger partial charge in [-0.05, 0) is 6.07 Å². The van der Waals surface area contributed by atoms with Crippen molar-refractivity contribution in [2.24, 2.45) is 0 Å². The molecule has 0 radical (unpaired) electrons. The molecule has 0 amide bonds. The van der Waals surface area contributed by atoms with Crippen molar-refractivity contribution in [2.45, 2.75) is 19.4 Å². The first kappa shape index (κ1) is 13.1. The van der Waals surface area contributed by atoms with Gasteiger partial charge in [-0.1, -0.05) is 18.2 Å². The molecule has 19 heavy (non-hydrogen) atoms. The molecule has 0 saturated carbocycles. The maximum Gasteiger partial charge on any atom is 0.303 e. The fraction of sp³-hybridized carbons (Fsp3) is 0.286. The maximum atomic E-state index is 10.5. The van der Waals surface area contributed by atoms with E-state index in [9.17, 15) is 4.79 Å². The smallest absolute Gasteiger partial charge is 0.303 e. The summed E-state index contributed by atoms with van der Waals surface area (Å²) >= 11 is 0. The van der Waals surface area contributed by atoms with Gasteiger partial charge in [-0.15, -0.1) is 0 Å². The van der Waals surface area contributed by atoms with Crippen LogP contribution in [0.3, 0.4) is 0 Å². The van der Waals surface area contributed by atoms with Crippen LogP contribution in [-0.2, 0) is 17.8 Å².